The van der Waals surface area contributed by atoms with Crippen molar-refractivity contribution >= 4 is 17.9 Å². The number of ketones is 1. The number of hydroxylamine groups is 3. The molecule has 0 aliphatic carbocycles. The Bertz CT molecular complexity index is 301. The van der Waals surface area contributed by atoms with Gasteiger partial charge in [0.2, 0.25) is 0 Å². The van der Waals surface area contributed by atoms with Crippen LogP contribution in [0.3, 0.4) is 0 Å². The lowest BCUT2D eigenvalue weighted by molar-refractivity contribution is -0.191. The Balaban J connectivity index is 4.02. The fraction of sp³-hybridized carbons (Fsp3) is 0.667. The molecule has 0 aromatic carbocycles. The van der Waals surface area contributed by atoms with Crippen LogP contribution >= 0.6 is 0 Å². The molecule has 0 unspecified atom stereocenters. The van der Waals surface area contributed by atoms with E-state index in [9.17, 15) is 9.59 Å². The van der Waals surface area contributed by atoms with Crippen LogP contribution in [-0.2, 0) is 19.3 Å². The molecule has 96 valence electrons. The van der Waals surface area contributed by atoms with E-state index in [1.807, 2.05) is 6.92 Å². The first-order valence-corrected chi connectivity index (χ1v) is 5.18. The molecule has 0 radical (unpaired) electrons. The second-order valence-electron chi connectivity index (χ2n) is 2.79. The zero-order valence-electron chi connectivity index (χ0n) is 9.88. The number of amides is 1. The molecular formula is C9H16N4O4. The molecule has 0 atom stereocenters. The topological polar surface area (TPSA) is 104 Å². The van der Waals surface area contributed by atoms with Gasteiger partial charge in [0.05, 0.1) is 6.61 Å². The first-order valence-electron chi connectivity index (χ1n) is 5.18. The number of nitrogens with one attached hydrogen (secondary N) is 1. The lowest BCUT2D eigenvalue weighted by atomic mass is 10.4. The maximum Gasteiger partial charge on any atom is 0.333 e. The van der Waals surface area contributed by atoms with E-state index in [0.29, 0.717) is 12.8 Å². The van der Waals surface area contributed by atoms with Crippen LogP contribution in [0.1, 0.15) is 13.8 Å². The number of hydrogen-bond donors (Lipinski definition) is 1. The minimum atomic E-state index is -0.957. The summed E-state index contributed by atoms with van der Waals surface area (Å²) in [5.41, 5.74) is 10.7. The number of nitrogens with zero attached hydrogens (tertiary/aromatic N) is 3. The normalized spacial score (nSPS) is 9.53. The van der Waals surface area contributed by atoms with E-state index in [1.54, 1.807) is 6.92 Å². The maximum absolute atomic E-state index is 11.4. The third-order valence-electron chi connectivity index (χ3n) is 1.58. The standard InChI is InChI=1S/C9H16N4O4/c1-3-12-16-5-6-17-13(4-2)9(15)8(14)7-11-10/h7,12H,3-6H2,1-2H3. The molecule has 0 aliphatic rings. The molecule has 0 saturated heterocycles. The third-order valence-corrected chi connectivity index (χ3v) is 1.58. The Morgan fingerprint density at radius 1 is 1.41 bits per heavy atom. The van der Waals surface area contributed by atoms with Crippen molar-refractivity contribution in [2.24, 2.45) is 0 Å². The third kappa shape index (κ3) is 6.54. The first kappa shape index (κ1) is 15.4. The molecule has 0 aromatic heterocycles. The van der Waals surface area contributed by atoms with Gasteiger partial charge in [-0.25, -0.2) is 10.5 Å². The quantitative estimate of drug-likeness (QED) is 0.142. The highest BCUT2D eigenvalue weighted by Crippen LogP contribution is 1.92. The van der Waals surface area contributed by atoms with Crippen molar-refractivity contribution in [2.75, 3.05) is 26.3 Å². The second-order valence-corrected chi connectivity index (χ2v) is 2.79. The SMILES string of the molecule is CCNOCCON(CC)C(=O)C(=O)C=[N+]=[N-]. The zero-order chi connectivity index (χ0) is 13.1. The van der Waals surface area contributed by atoms with Crippen LogP contribution in [0.4, 0.5) is 0 Å². The van der Waals surface area contributed by atoms with Crippen LogP contribution in [0.2, 0.25) is 0 Å². The molecule has 1 amide bonds. The fourth-order valence-corrected chi connectivity index (χ4v) is 0.887. The predicted octanol–water partition coefficient (Wildman–Crippen LogP) is -0.823. The summed E-state index contributed by atoms with van der Waals surface area (Å²) in [6.45, 7) is 4.73. The number of likely N-dealkylation sites (N-methyl/N-ethyl adjacent to an activating group) is 1. The molecule has 0 bridgehead atoms. The van der Waals surface area contributed by atoms with Gasteiger partial charge in [0.1, 0.15) is 6.61 Å². The van der Waals surface area contributed by atoms with Crippen molar-refractivity contribution in [2.45, 2.75) is 13.8 Å². The highest BCUT2D eigenvalue weighted by molar-refractivity contribution is 6.57. The van der Waals surface area contributed by atoms with Crippen molar-refractivity contribution in [3.05, 3.63) is 5.53 Å². The van der Waals surface area contributed by atoms with E-state index in [2.05, 4.69) is 10.3 Å². The highest BCUT2D eigenvalue weighted by atomic mass is 16.7. The molecule has 8 heteroatoms. The van der Waals surface area contributed by atoms with Gasteiger partial charge in [-0.3, -0.25) is 19.3 Å². The Morgan fingerprint density at radius 2 is 2.12 bits per heavy atom. The molecule has 0 spiro atoms. The Labute approximate surface area is 99.0 Å². The van der Waals surface area contributed by atoms with Crippen molar-refractivity contribution in [3.63, 3.8) is 0 Å². The predicted molar refractivity (Wildman–Crippen MR) is 57.7 cm³/mol. The Hall–Kier alpha value is -1.60. The average Bonchev–Trinajstić information content (AvgIpc) is 2.33. The molecule has 0 rings (SSSR count). The van der Waals surface area contributed by atoms with Gasteiger partial charge in [-0.2, -0.15) is 4.79 Å². The number of carbonyl (C=O) groups is 2. The van der Waals surface area contributed by atoms with Crippen LogP contribution in [0, 0.1) is 0 Å². The fourth-order valence-electron chi connectivity index (χ4n) is 0.887. The van der Waals surface area contributed by atoms with Crippen molar-refractivity contribution < 1.29 is 24.1 Å². The van der Waals surface area contributed by atoms with Gasteiger partial charge in [0.15, 0.2) is 0 Å². The largest absolute Gasteiger partial charge is 0.361 e. The Morgan fingerprint density at radius 3 is 2.65 bits per heavy atom. The highest BCUT2D eigenvalue weighted by Gasteiger charge is 2.22. The van der Waals surface area contributed by atoms with Gasteiger partial charge in [-0.15, -0.1) is 0 Å². The molecule has 1 N–H and O–H groups in total. The number of Topliss-reactive ketones (excluding diaryl/α,β-unsaturated/α-hetero) is 1. The minimum absolute atomic E-state index is 0.121. The summed E-state index contributed by atoms with van der Waals surface area (Å²) in [7, 11) is 0. The maximum atomic E-state index is 11.4. The van der Waals surface area contributed by atoms with E-state index < -0.39 is 11.7 Å². The number of rotatable bonds is 9. The summed E-state index contributed by atoms with van der Waals surface area (Å²) >= 11 is 0. The minimum Gasteiger partial charge on any atom is -0.361 e. The number of hydrogen-bond acceptors (Lipinski definition) is 5. The summed E-state index contributed by atoms with van der Waals surface area (Å²) in [5, 5.41) is 0.874. The van der Waals surface area contributed by atoms with Gasteiger partial charge in [0.25, 0.3) is 0 Å². The summed E-state index contributed by atoms with van der Waals surface area (Å²) in [6, 6.07) is 0. The summed E-state index contributed by atoms with van der Waals surface area (Å²) in [5.74, 6) is -1.85. The molecule has 0 saturated carbocycles. The van der Waals surface area contributed by atoms with E-state index in [1.165, 1.54) is 0 Å². The molecule has 0 aromatic rings. The molecule has 17 heavy (non-hydrogen) atoms. The van der Waals surface area contributed by atoms with Gasteiger partial charge < -0.3 is 5.53 Å². The first-order chi connectivity index (χ1) is 8.17. The van der Waals surface area contributed by atoms with E-state index >= 15 is 0 Å². The average molecular weight is 244 g/mol. The van der Waals surface area contributed by atoms with E-state index in [-0.39, 0.29) is 19.8 Å². The van der Waals surface area contributed by atoms with E-state index in [4.69, 9.17) is 15.2 Å². The molecule has 0 aliphatic heterocycles. The van der Waals surface area contributed by atoms with Gasteiger partial charge in [0, 0.05) is 13.1 Å². The van der Waals surface area contributed by atoms with Crippen LogP contribution < -0.4 is 5.48 Å². The zero-order valence-corrected chi connectivity index (χ0v) is 9.88. The molecule has 0 fully saturated rings. The smallest absolute Gasteiger partial charge is 0.333 e. The van der Waals surface area contributed by atoms with Crippen molar-refractivity contribution in [1.29, 1.82) is 0 Å². The molecule has 0 heterocycles. The van der Waals surface area contributed by atoms with Crippen LogP contribution in [0.15, 0.2) is 0 Å². The van der Waals surface area contributed by atoms with Gasteiger partial charge >= 0.3 is 17.9 Å². The summed E-state index contributed by atoms with van der Waals surface area (Å²) in [4.78, 5) is 34.8. The van der Waals surface area contributed by atoms with Crippen molar-refractivity contribution in [3.8, 4) is 0 Å². The van der Waals surface area contributed by atoms with Crippen LogP contribution in [0.5, 0.6) is 0 Å². The number of carbonyl (C=O) groups excluding carboxylic acids is 2. The lowest BCUT2D eigenvalue weighted by Gasteiger charge is -2.17. The van der Waals surface area contributed by atoms with Gasteiger partial charge in [-0.1, -0.05) is 6.92 Å². The lowest BCUT2D eigenvalue weighted by Crippen LogP contribution is -2.38. The van der Waals surface area contributed by atoms with Gasteiger partial charge in [-0.05, 0) is 6.92 Å². The van der Waals surface area contributed by atoms with Crippen molar-refractivity contribution in [1.82, 2.24) is 10.5 Å². The second kappa shape index (κ2) is 9.61. The molecular weight excluding hydrogens is 228 g/mol. The molecule has 8 nitrogen and oxygen atoms in total. The summed E-state index contributed by atoms with van der Waals surface area (Å²) < 4.78 is 0. The van der Waals surface area contributed by atoms with Crippen LogP contribution in [0.25, 0.3) is 5.53 Å². The monoisotopic (exact) mass is 244 g/mol. The van der Waals surface area contributed by atoms with E-state index in [0.717, 1.165) is 5.06 Å². The Kier molecular flexibility index (Phi) is 8.71. The summed E-state index contributed by atoms with van der Waals surface area (Å²) in [6.07, 6.45) is 0.517. The van der Waals surface area contributed by atoms with Crippen LogP contribution in [-0.4, -0.2) is 54.1 Å².